The molecule has 1 aromatic rings. The molecule has 0 spiro atoms. The van der Waals surface area contributed by atoms with Crippen molar-refractivity contribution in [2.75, 3.05) is 26.7 Å². The van der Waals surface area contributed by atoms with Crippen molar-refractivity contribution in [1.29, 1.82) is 0 Å². The molecule has 0 aliphatic carbocycles. The van der Waals surface area contributed by atoms with Crippen LogP contribution in [-0.2, 0) is 6.42 Å². The molecule has 0 fully saturated rings. The minimum absolute atomic E-state index is 1.09. The molecule has 0 radical (unpaired) electrons. The Balaban J connectivity index is 2.06. The van der Waals surface area contributed by atoms with Crippen LogP contribution in [0.2, 0.25) is 0 Å². The number of likely N-dealkylation sites (N-methyl/N-ethyl adjacent to an activating group) is 1. The first kappa shape index (κ1) is 24.0. The van der Waals surface area contributed by atoms with E-state index in [1.165, 1.54) is 102 Å². The molecular formula is C26H46N+. The fourth-order valence-electron chi connectivity index (χ4n) is 3.98. The van der Waals surface area contributed by atoms with Crippen LogP contribution in [-0.4, -0.2) is 31.2 Å². The molecule has 1 rings (SSSR count). The molecule has 0 amide bonds. The molecule has 0 aliphatic heterocycles. The van der Waals surface area contributed by atoms with Gasteiger partial charge in [-0.15, -0.1) is 0 Å². The number of benzene rings is 1. The van der Waals surface area contributed by atoms with Crippen molar-refractivity contribution in [2.24, 2.45) is 0 Å². The zero-order valence-corrected chi connectivity index (χ0v) is 18.4. The number of unbranched alkanes of at least 4 members (excludes halogenated alkanes) is 11. The molecule has 0 heterocycles. The summed E-state index contributed by atoms with van der Waals surface area (Å²) in [5, 5.41) is 0. The first-order chi connectivity index (χ1) is 13.2. The van der Waals surface area contributed by atoms with Gasteiger partial charge in [0.1, 0.15) is 0 Å². The summed E-state index contributed by atoms with van der Waals surface area (Å²) >= 11 is 0. The van der Waals surface area contributed by atoms with Gasteiger partial charge in [0.25, 0.3) is 0 Å². The molecule has 1 atom stereocenters. The van der Waals surface area contributed by atoms with Crippen molar-refractivity contribution in [3.63, 3.8) is 0 Å². The molecule has 1 aromatic carbocycles. The highest BCUT2D eigenvalue weighted by atomic mass is 15.3. The Labute approximate surface area is 170 Å². The van der Waals surface area contributed by atoms with Crippen molar-refractivity contribution in [2.45, 2.75) is 90.4 Å². The number of hydrogen-bond acceptors (Lipinski definition) is 0. The third-order valence-electron chi connectivity index (χ3n) is 5.90. The summed E-state index contributed by atoms with van der Waals surface area (Å²) in [6.07, 6.45) is 20.4. The highest BCUT2D eigenvalue weighted by Gasteiger charge is 2.19. The van der Waals surface area contributed by atoms with E-state index in [2.05, 4.69) is 57.0 Å². The van der Waals surface area contributed by atoms with Gasteiger partial charge < -0.3 is 4.48 Å². The number of nitrogens with zero attached hydrogens (tertiary/aromatic N) is 1. The topological polar surface area (TPSA) is 0 Å². The van der Waals surface area contributed by atoms with Crippen LogP contribution >= 0.6 is 0 Å². The van der Waals surface area contributed by atoms with E-state index in [1.54, 1.807) is 0 Å². The van der Waals surface area contributed by atoms with Gasteiger partial charge in [-0.2, -0.15) is 0 Å². The molecule has 1 unspecified atom stereocenters. The second-order valence-corrected chi connectivity index (χ2v) is 8.66. The smallest absolute Gasteiger partial charge is 0.0969 e. The fourth-order valence-corrected chi connectivity index (χ4v) is 3.98. The van der Waals surface area contributed by atoms with Crippen molar-refractivity contribution in [3.8, 4) is 0 Å². The van der Waals surface area contributed by atoms with E-state index in [0.717, 1.165) is 11.0 Å². The average Bonchev–Trinajstić information content (AvgIpc) is 2.68. The van der Waals surface area contributed by atoms with Gasteiger partial charge in [-0.25, -0.2) is 0 Å². The van der Waals surface area contributed by atoms with Crippen LogP contribution in [0.4, 0.5) is 0 Å². The van der Waals surface area contributed by atoms with E-state index in [1.807, 2.05) is 0 Å². The standard InChI is InChI=1S/C26H46N/c1-4-6-7-8-9-10-11-12-13-14-15-19-24-27(3,23-5-2)25-22-26-20-17-16-18-21-26/h5,16-18,20-21H,2,4,6-15,19,22-25H2,1,3H3/q+1. The molecule has 0 aromatic heterocycles. The Hall–Kier alpha value is -1.08. The minimum Gasteiger partial charge on any atom is -0.323 e. The summed E-state index contributed by atoms with van der Waals surface area (Å²) in [5.74, 6) is 0. The SMILES string of the molecule is C=CC[N+](C)(CCCCCCCCCCCCCC)CCc1ccccc1. The molecule has 154 valence electrons. The van der Waals surface area contributed by atoms with Crippen LogP contribution in [0, 0.1) is 0 Å². The molecular weight excluding hydrogens is 326 g/mol. The Kier molecular flexibility index (Phi) is 14.1. The van der Waals surface area contributed by atoms with Crippen LogP contribution in [0.1, 0.15) is 89.5 Å². The minimum atomic E-state index is 1.09. The van der Waals surface area contributed by atoms with E-state index in [-0.39, 0.29) is 0 Å². The van der Waals surface area contributed by atoms with Crippen molar-refractivity contribution in [3.05, 3.63) is 48.6 Å². The Morgan fingerprint density at radius 2 is 1.26 bits per heavy atom. The van der Waals surface area contributed by atoms with E-state index < -0.39 is 0 Å². The maximum atomic E-state index is 3.99. The molecule has 0 saturated carbocycles. The maximum absolute atomic E-state index is 3.99. The molecule has 1 heteroatoms. The van der Waals surface area contributed by atoms with E-state index in [9.17, 15) is 0 Å². The van der Waals surface area contributed by atoms with Gasteiger partial charge in [-0.3, -0.25) is 0 Å². The summed E-state index contributed by atoms with van der Waals surface area (Å²) in [6.45, 7) is 9.88. The summed E-state index contributed by atoms with van der Waals surface area (Å²) < 4.78 is 1.14. The third-order valence-corrected chi connectivity index (χ3v) is 5.90. The number of rotatable bonds is 18. The van der Waals surface area contributed by atoms with Crippen LogP contribution in [0.5, 0.6) is 0 Å². The first-order valence-corrected chi connectivity index (χ1v) is 11.7. The Bertz CT molecular complexity index is 453. The van der Waals surface area contributed by atoms with E-state index in [4.69, 9.17) is 0 Å². The largest absolute Gasteiger partial charge is 0.323 e. The van der Waals surface area contributed by atoms with Gasteiger partial charge in [0.2, 0.25) is 0 Å². The number of hydrogen-bond donors (Lipinski definition) is 0. The molecule has 27 heavy (non-hydrogen) atoms. The van der Waals surface area contributed by atoms with Crippen molar-refractivity contribution >= 4 is 0 Å². The van der Waals surface area contributed by atoms with Gasteiger partial charge in [0, 0.05) is 6.42 Å². The number of quaternary nitrogens is 1. The first-order valence-electron chi connectivity index (χ1n) is 11.7. The lowest BCUT2D eigenvalue weighted by atomic mass is 10.0. The van der Waals surface area contributed by atoms with Crippen LogP contribution in [0.25, 0.3) is 0 Å². The summed E-state index contributed by atoms with van der Waals surface area (Å²) in [6, 6.07) is 10.9. The van der Waals surface area contributed by atoms with Crippen LogP contribution in [0.3, 0.4) is 0 Å². The zero-order valence-electron chi connectivity index (χ0n) is 18.4. The fraction of sp³-hybridized carbons (Fsp3) is 0.692. The van der Waals surface area contributed by atoms with Crippen LogP contribution < -0.4 is 0 Å². The maximum Gasteiger partial charge on any atom is 0.0969 e. The molecule has 0 saturated heterocycles. The molecule has 0 bridgehead atoms. The second-order valence-electron chi connectivity index (χ2n) is 8.66. The summed E-state index contributed by atoms with van der Waals surface area (Å²) in [4.78, 5) is 0. The van der Waals surface area contributed by atoms with Gasteiger partial charge in [0.15, 0.2) is 0 Å². The molecule has 0 aliphatic rings. The van der Waals surface area contributed by atoms with Crippen molar-refractivity contribution in [1.82, 2.24) is 0 Å². The quantitative estimate of drug-likeness (QED) is 0.142. The van der Waals surface area contributed by atoms with Gasteiger partial charge in [0.05, 0.1) is 26.7 Å². The van der Waals surface area contributed by atoms with Gasteiger partial charge in [-0.1, -0.05) is 108 Å². The monoisotopic (exact) mass is 372 g/mol. The summed E-state index contributed by atoms with van der Waals surface area (Å²) in [5.41, 5.74) is 1.46. The average molecular weight is 373 g/mol. The van der Waals surface area contributed by atoms with Crippen molar-refractivity contribution < 1.29 is 4.48 Å². The lowest BCUT2D eigenvalue weighted by molar-refractivity contribution is -0.904. The lowest BCUT2D eigenvalue weighted by Gasteiger charge is -2.34. The second kappa shape index (κ2) is 15.9. The Morgan fingerprint density at radius 1 is 0.741 bits per heavy atom. The molecule has 0 N–H and O–H groups in total. The predicted octanol–water partition coefficient (Wildman–Crippen LogP) is 7.56. The summed E-state index contributed by atoms with van der Waals surface area (Å²) in [7, 11) is 2.41. The van der Waals surface area contributed by atoms with Crippen LogP contribution in [0.15, 0.2) is 43.0 Å². The molecule has 1 nitrogen and oxygen atoms in total. The van der Waals surface area contributed by atoms with E-state index >= 15 is 0 Å². The van der Waals surface area contributed by atoms with E-state index in [0.29, 0.717) is 0 Å². The zero-order chi connectivity index (χ0) is 19.6. The lowest BCUT2D eigenvalue weighted by Crippen LogP contribution is -2.46. The highest BCUT2D eigenvalue weighted by molar-refractivity contribution is 5.14. The Morgan fingerprint density at radius 3 is 1.78 bits per heavy atom. The normalized spacial score (nSPS) is 13.4. The predicted molar refractivity (Wildman–Crippen MR) is 122 cm³/mol. The third kappa shape index (κ3) is 12.8. The van der Waals surface area contributed by atoms with Gasteiger partial charge in [-0.05, 0) is 24.5 Å². The highest BCUT2D eigenvalue weighted by Crippen LogP contribution is 2.14. The van der Waals surface area contributed by atoms with Gasteiger partial charge >= 0.3 is 0 Å².